The summed E-state index contributed by atoms with van der Waals surface area (Å²) >= 11 is 1.63. The molecule has 0 bridgehead atoms. The monoisotopic (exact) mass is 363 g/mol. The summed E-state index contributed by atoms with van der Waals surface area (Å²) in [4.78, 5) is 21.5. The fraction of sp³-hybridized carbons (Fsp3) is 0.100. The predicted molar refractivity (Wildman–Crippen MR) is 105 cm³/mol. The van der Waals surface area contributed by atoms with Gasteiger partial charge in [0.15, 0.2) is 0 Å². The number of fused-ring (bicyclic) bond motifs is 1. The van der Waals surface area contributed by atoms with E-state index in [9.17, 15) is 4.79 Å². The molecule has 0 unspecified atom stereocenters. The quantitative estimate of drug-likeness (QED) is 0.540. The van der Waals surface area contributed by atoms with Crippen molar-refractivity contribution in [1.29, 1.82) is 0 Å². The molecule has 5 nitrogen and oxygen atoms in total. The first-order valence-corrected chi connectivity index (χ1v) is 9.04. The van der Waals surface area contributed by atoms with Crippen molar-refractivity contribution in [3.05, 3.63) is 71.1 Å². The summed E-state index contributed by atoms with van der Waals surface area (Å²) in [6.07, 6.45) is 0. The van der Waals surface area contributed by atoms with Gasteiger partial charge in [-0.15, -0.1) is 11.3 Å². The molecule has 2 aromatic heterocycles. The van der Waals surface area contributed by atoms with Crippen LogP contribution in [0.1, 0.15) is 15.9 Å². The van der Waals surface area contributed by atoms with Crippen molar-refractivity contribution in [3.8, 4) is 10.7 Å². The van der Waals surface area contributed by atoms with Crippen molar-refractivity contribution in [2.45, 2.75) is 6.61 Å². The Morgan fingerprint density at radius 2 is 2.12 bits per heavy atom. The van der Waals surface area contributed by atoms with Gasteiger partial charge in [-0.05, 0) is 47.3 Å². The van der Waals surface area contributed by atoms with Crippen LogP contribution in [0.2, 0.25) is 0 Å². The SMILES string of the molecule is COCc1cccc(C(=O)Nc2ccc3nc(-c4cccs4)[nH]c3c2)c1. The number of hydrogen-bond donors (Lipinski definition) is 2. The number of carbonyl (C=O) groups excluding carboxylic acids is 1. The normalized spacial score (nSPS) is 11.0. The van der Waals surface area contributed by atoms with Crippen LogP contribution in [0, 0.1) is 0 Å². The van der Waals surface area contributed by atoms with E-state index in [0.29, 0.717) is 12.2 Å². The van der Waals surface area contributed by atoms with E-state index in [-0.39, 0.29) is 5.91 Å². The highest BCUT2D eigenvalue weighted by atomic mass is 32.1. The molecule has 0 fully saturated rings. The van der Waals surface area contributed by atoms with Crippen molar-refractivity contribution in [2.24, 2.45) is 0 Å². The van der Waals surface area contributed by atoms with Gasteiger partial charge in [-0.3, -0.25) is 4.79 Å². The number of anilines is 1. The molecule has 0 saturated carbocycles. The number of carbonyl (C=O) groups is 1. The van der Waals surface area contributed by atoms with Crippen molar-refractivity contribution in [1.82, 2.24) is 9.97 Å². The molecule has 0 radical (unpaired) electrons. The Morgan fingerprint density at radius 3 is 2.92 bits per heavy atom. The van der Waals surface area contributed by atoms with Gasteiger partial charge in [-0.1, -0.05) is 18.2 Å². The number of hydrogen-bond acceptors (Lipinski definition) is 4. The van der Waals surface area contributed by atoms with E-state index in [1.165, 1.54) is 0 Å². The third-order valence-electron chi connectivity index (χ3n) is 3.99. The number of imidazole rings is 1. The average molecular weight is 363 g/mol. The Morgan fingerprint density at radius 1 is 1.19 bits per heavy atom. The van der Waals surface area contributed by atoms with E-state index in [4.69, 9.17) is 4.74 Å². The minimum absolute atomic E-state index is 0.153. The Labute approximate surface area is 154 Å². The number of amides is 1. The third-order valence-corrected chi connectivity index (χ3v) is 4.87. The molecule has 2 N–H and O–H groups in total. The summed E-state index contributed by atoms with van der Waals surface area (Å²) in [5.74, 6) is 0.686. The van der Waals surface area contributed by atoms with Gasteiger partial charge >= 0.3 is 0 Å². The molecule has 2 heterocycles. The lowest BCUT2D eigenvalue weighted by Gasteiger charge is -2.07. The fourth-order valence-corrected chi connectivity index (χ4v) is 3.46. The number of nitrogens with one attached hydrogen (secondary N) is 2. The molecule has 0 aliphatic rings. The second-order valence-corrected chi connectivity index (χ2v) is 6.83. The topological polar surface area (TPSA) is 67.0 Å². The highest BCUT2D eigenvalue weighted by Crippen LogP contribution is 2.26. The molecule has 0 spiro atoms. The van der Waals surface area contributed by atoms with Gasteiger partial charge in [0.1, 0.15) is 5.82 Å². The van der Waals surface area contributed by atoms with Crippen LogP contribution in [-0.2, 0) is 11.3 Å². The van der Waals surface area contributed by atoms with Gasteiger partial charge in [0.25, 0.3) is 5.91 Å². The van der Waals surface area contributed by atoms with Gasteiger partial charge in [-0.25, -0.2) is 4.98 Å². The van der Waals surface area contributed by atoms with Gasteiger partial charge < -0.3 is 15.0 Å². The van der Waals surface area contributed by atoms with Crippen LogP contribution in [0.25, 0.3) is 21.7 Å². The van der Waals surface area contributed by atoms with Crippen LogP contribution in [-0.4, -0.2) is 23.0 Å². The second-order valence-electron chi connectivity index (χ2n) is 5.88. The number of rotatable bonds is 5. The van der Waals surface area contributed by atoms with Crippen molar-refractivity contribution < 1.29 is 9.53 Å². The zero-order chi connectivity index (χ0) is 17.9. The third kappa shape index (κ3) is 3.37. The van der Waals surface area contributed by atoms with Gasteiger partial charge in [0.05, 0.1) is 22.5 Å². The largest absolute Gasteiger partial charge is 0.380 e. The maximum atomic E-state index is 12.5. The van der Waals surface area contributed by atoms with E-state index in [0.717, 1.165) is 33.0 Å². The molecular weight excluding hydrogens is 346 g/mol. The van der Waals surface area contributed by atoms with Crippen LogP contribution in [0.4, 0.5) is 5.69 Å². The molecule has 2 aromatic carbocycles. The zero-order valence-corrected chi connectivity index (χ0v) is 15.0. The second kappa shape index (κ2) is 7.11. The molecule has 0 saturated heterocycles. The molecular formula is C20H17N3O2S. The van der Waals surface area contributed by atoms with Crippen molar-refractivity contribution in [3.63, 3.8) is 0 Å². The number of aromatic amines is 1. The minimum atomic E-state index is -0.153. The number of thiophene rings is 1. The molecule has 0 aliphatic carbocycles. The first-order valence-electron chi connectivity index (χ1n) is 8.16. The summed E-state index contributed by atoms with van der Waals surface area (Å²) in [6.45, 7) is 0.479. The number of aromatic nitrogens is 2. The summed E-state index contributed by atoms with van der Waals surface area (Å²) in [5, 5.41) is 4.96. The van der Waals surface area contributed by atoms with Crippen LogP contribution < -0.4 is 5.32 Å². The number of benzene rings is 2. The average Bonchev–Trinajstić information content (AvgIpc) is 3.31. The van der Waals surface area contributed by atoms with Crippen molar-refractivity contribution in [2.75, 3.05) is 12.4 Å². The number of H-pyrrole nitrogens is 1. The number of methoxy groups -OCH3 is 1. The zero-order valence-electron chi connectivity index (χ0n) is 14.2. The van der Waals surface area contributed by atoms with Crippen molar-refractivity contribution >= 4 is 34.0 Å². The van der Waals surface area contributed by atoms with Crippen LogP contribution in [0.3, 0.4) is 0 Å². The lowest BCUT2D eigenvalue weighted by Crippen LogP contribution is -2.12. The van der Waals surface area contributed by atoms with Crippen LogP contribution in [0.15, 0.2) is 60.0 Å². The predicted octanol–water partition coefficient (Wildman–Crippen LogP) is 4.69. The summed E-state index contributed by atoms with van der Waals surface area (Å²) in [5.41, 5.74) is 4.04. The minimum Gasteiger partial charge on any atom is -0.380 e. The van der Waals surface area contributed by atoms with Crippen LogP contribution in [0.5, 0.6) is 0 Å². The van der Waals surface area contributed by atoms with Gasteiger partial charge in [0.2, 0.25) is 0 Å². The molecule has 6 heteroatoms. The first kappa shape index (κ1) is 16.5. The first-order chi connectivity index (χ1) is 12.7. The molecule has 26 heavy (non-hydrogen) atoms. The maximum Gasteiger partial charge on any atom is 0.255 e. The Kier molecular flexibility index (Phi) is 4.51. The highest BCUT2D eigenvalue weighted by molar-refractivity contribution is 7.13. The smallest absolute Gasteiger partial charge is 0.255 e. The summed E-state index contributed by atoms with van der Waals surface area (Å²) < 4.78 is 5.12. The molecule has 0 aliphatic heterocycles. The lowest BCUT2D eigenvalue weighted by atomic mass is 10.1. The number of ether oxygens (including phenoxy) is 1. The highest BCUT2D eigenvalue weighted by Gasteiger charge is 2.10. The van der Waals surface area contributed by atoms with Gasteiger partial charge in [0, 0.05) is 18.4 Å². The van der Waals surface area contributed by atoms with E-state index in [1.807, 2.05) is 53.9 Å². The standard InChI is InChI=1S/C20H17N3O2S/c1-25-12-13-4-2-5-14(10-13)20(24)21-15-7-8-16-17(11-15)23-19(22-16)18-6-3-9-26-18/h2-11H,12H2,1H3,(H,21,24)(H,22,23). The number of nitrogens with zero attached hydrogens (tertiary/aromatic N) is 1. The molecule has 130 valence electrons. The van der Waals surface area contributed by atoms with E-state index in [1.54, 1.807) is 24.5 Å². The van der Waals surface area contributed by atoms with Gasteiger partial charge in [-0.2, -0.15) is 0 Å². The summed E-state index contributed by atoms with van der Waals surface area (Å²) in [7, 11) is 1.64. The maximum absolute atomic E-state index is 12.5. The molecule has 4 rings (SSSR count). The van der Waals surface area contributed by atoms with E-state index in [2.05, 4.69) is 15.3 Å². The Bertz CT molecular complexity index is 1050. The summed E-state index contributed by atoms with van der Waals surface area (Å²) in [6, 6.07) is 17.1. The molecule has 1 amide bonds. The molecule has 0 atom stereocenters. The Hall–Kier alpha value is -2.96. The van der Waals surface area contributed by atoms with Crippen LogP contribution >= 0.6 is 11.3 Å². The van der Waals surface area contributed by atoms with E-state index < -0.39 is 0 Å². The fourth-order valence-electron chi connectivity index (χ4n) is 2.79. The Balaban J connectivity index is 1.57. The molecule has 4 aromatic rings. The van der Waals surface area contributed by atoms with E-state index >= 15 is 0 Å². The lowest BCUT2D eigenvalue weighted by molar-refractivity contribution is 0.102.